The monoisotopic (exact) mass is 320 g/mol. The quantitative estimate of drug-likeness (QED) is 0.633. The molecule has 1 atom stereocenters. The zero-order valence-electron chi connectivity index (χ0n) is 13.8. The summed E-state index contributed by atoms with van der Waals surface area (Å²) in [6.45, 7) is 3.35. The molecule has 8 nitrogen and oxygen atoms in total. The molecule has 1 saturated heterocycles. The Balaban J connectivity index is 1.75. The predicted molar refractivity (Wildman–Crippen MR) is 88.3 cm³/mol. The smallest absolute Gasteiger partial charge is 0.224 e. The summed E-state index contributed by atoms with van der Waals surface area (Å²) in [6, 6.07) is 1.87. The molecule has 0 aromatic carbocycles. The fraction of sp³-hybridized carbons (Fsp3) is 0.600. The first-order valence-corrected chi connectivity index (χ1v) is 7.77. The Morgan fingerprint density at radius 1 is 1.39 bits per heavy atom. The number of nitrogens with zero attached hydrogens (tertiary/aromatic N) is 3. The molecule has 3 N–H and O–H groups in total. The van der Waals surface area contributed by atoms with E-state index in [1.54, 1.807) is 0 Å². The molecule has 1 aliphatic heterocycles. The summed E-state index contributed by atoms with van der Waals surface area (Å²) in [5, 5.41) is 8.78. The molecule has 1 aliphatic rings. The van der Waals surface area contributed by atoms with Gasteiger partial charge < -0.3 is 20.9 Å². The Bertz CT molecular complexity index is 565. The number of rotatable bonds is 6. The Morgan fingerprint density at radius 2 is 2.17 bits per heavy atom. The molecule has 0 spiro atoms. The zero-order valence-corrected chi connectivity index (χ0v) is 13.8. The van der Waals surface area contributed by atoms with Gasteiger partial charge in [0.05, 0.1) is 5.92 Å². The summed E-state index contributed by atoms with van der Waals surface area (Å²) in [7, 11) is 3.85. The maximum atomic E-state index is 12.0. The summed E-state index contributed by atoms with van der Waals surface area (Å²) in [5.74, 6) is 2.14. The van der Waals surface area contributed by atoms with Crippen LogP contribution >= 0.6 is 0 Å². The number of piperidine rings is 1. The molecule has 1 unspecified atom stereocenters. The van der Waals surface area contributed by atoms with Crippen molar-refractivity contribution in [3.05, 3.63) is 11.9 Å². The van der Waals surface area contributed by atoms with Crippen molar-refractivity contribution in [2.45, 2.75) is 19.8 Å². The average molecular weight is 320 g/mol. The maximum absolute atomic E-state index is 12.0. The van der Waals surface area contributed by atoms with E-state index in [-0.39, 0.29) is 17.7 Å². The van der Waals surface area contributed by atoms with Crippen molar-refractivity contribution in [3.63, 3.8) is 0 Å². The average Bonchev–Trinajstić information content (AvgIpc) is 2.51. The van der Waals surface area contributed by atoms with Gasteiger partial charge in [0, 0.05) is 46.2 Å². The van der Waals surface area contributed by atoms with E-state index in [2.05, 4.69) is 25.9 Å². The molecule has 0 aliphatic carbocycles. The van der Waals surface area contributed by atoms with Gasteiger partial charge >= 0.3 is 0 Å². The fourth-order valence-electron chi connectivity index (χ4n) is 2.35. The summed E-state index contributed by atoms with van der Waals surface area (Å²) < 4.78 is 0. The second kappa shape index (κ2) is 7.75. The van der Waals surface area contributed by atoms with E-state index >= 15 is 0 Å². The zero-order chi connectivity index (χ0) is 16.8. The first-order chi connectivity index (χ1) is 11.0. The summed E-state index contributed by atoms with van der Waals surface area (Å²) >= 11 is 0. The summed E-state index contributed by atoms with van der Waals surface area (Å²) in [5.41, 5.74) is 0. The van der Waals surface area contributed by atoms with E-state index in [0.29, 0.717) is 38.3 Å². The second-order valence-corrected chi connectivity index (χ2v) is 5.81. The summed E-state index contributed by atoms with van der Waals surface area (Å²) in [6.07, 6.45) is 1.03. The van der Waals surface area contributed by atoms with Gasteiger partial charge in [-0.15, -0.1) is 0 Å². The number of anilines is 2. The van der Waals surface area contributed by atoms with Crippen LogP contribution in [-0.4, -0.2) is 55.5 Å². The van der Waals surface area contributed by atoms with Gasteiger partial charge in [-0.2, -0.15) is 0 Å². The third kappa shape index (κ3) is 5.08. The van der Waals surface area contributed by atoms with Crippen LogP contribution in [0.1, 0.15) is 18.7 Å². The van der Waals surface area contributed by atoms with Gasteiger partial charge in [0.2, 0.25) is 11.8 Å². The highest BCUT2D eigenvalue weighted by Crippen LogP contribution is 2.13. The van der Waals surface area contributed by atoms with E-state index in [1.165, 1.54) is 0 Å². The van der Waals surface area contributed by atoms with Crippen molar-refractivity contribution in [2.75, 3.05) is 43.9 Å². The van der Waals surface area contributed by atoms with Crippen LogP contribution in [0.15, 0.2) is 6.07 Å². The molecule has 0 bridgehead atoms. The highest BCUT2D eigenvalue weighted by molar-refractivity contribution is 5.83. The van der Waals surface area contributed by atoms with Crippen LogP contribution in [0.5, 0.6) is 0 Å². The molecule has 1 aromatic rings. The van der Waals surface area contributed by atoms with E-state index in [1.807, 2.05) is 32.0 Å². The van der Waals surface area contributed by atoms with Gasteiger partial charge in [-0.1, -0.05) is 0 Å². The Morgan fingerprint density at radius 3 is 2.83 bits per heavy atom. The van der Waals surface area contributed by atoms with Gasteiger partial charge in [-0.25, -0.2) is 9.97 Å². The van der Waals surface area contributed by atoms with E-state index in [0.717, 1.165) is 11.6 Å². The lowest BCUT2D eigenvalue weighted by molar-refractivity contribution is -0.128. The largest absolute Gasteiger partial charge is 0.368 e. The van der Waals surface area contributed by atoms with Crippen molar-refractivity contribution >= 4 is 23.5 Å². The standard InChI is InChI=1S/C15H24N6O2/c1-10-19-12(8-13(20-10)21(2)3)16-6-7-17-15(23)11-4-5-14(22)18-9-11/h8,11H,4-7,9H2,1-3H3,(H,17,23)(H,18,22)(H,16,19,20). The van der Waals surface area contributed by atoms with Crippen LogP contribution < -0.4 is 20.9 Å². The van der Waals surface area contributed by atoms with Gasteiger partial charge in [0.15, 0.2) is 0 Å². The number of aryl methyl sites for hydroxylation is 1. The molecule has 2 heterocycles. The number of aromatic nitrogens is 2. The number of amides is 2. The van der Waals surface area contributed by atoms with Crippen LogP contribution in [-0.2, 0) is 9.59 Å². The molecule has 1 aromatic heterocycles. The van der Waals surface area contributed by atoms with Gasteiger partial charge in [0.1, 0.15) is 17.5 Å². The molecule has 2 rings (SSSR count). The van der Waals surface area contributed by atoms with Crippen molar-refractivity contribution in [1.82, 2.24) is 20.6 Å². The second-order valence-electron chi connectivity index (χ2n) is 5.81. The minimum absolute atomic E-state index is 0.0142. The Kier molecular flexibility index (Phi) is 5.72. The molecule has 2 amide bonds. The lowest BCUT2D eigenvalue weighted by Gasteiger charge is -2.21. The van der Waals surface area contributed by atoms with Crippen LogP contribution in [0, 0.1) is 12.8 Å². The maximum Gasteiger partial charge on any atom is 0.224 e. The normalized spacial score (nSPS) is 17.3. The number of carbonyl (C=O) groups is 2. The first-order valence-electron chi connectivity index (χ1n) is 7.77. The number of hydrogen-bond donors (Lipinski definition) is 3. The molecule has 0 radical (unpaired) electrons. The third-order valence-corrected chi connectivity index (χ3v) is 3.65. The highest BCUT2D eigenvalue weighted by atomic mass is 16.2. The molecular weight excluding hydrogens is 296 g/mol. The van der Waals surface area contributed by atoms with Crippen molar-refractivity contribution in [2.24, 2.45) is 5.92 Å². The van der Waals surface area contributed by atoms with Crippen LogP contribution in [0.2, 0.25) is 0 Å². The summed E-state index contributed by atoms with van der Waals surface area (Å²) in [4.78, 5) is 33.6. The number of hydrogen-bond acceptors (Lipinski definition) is 6. The molecular formula is C15H24N6O2. The number of nitrogens with one attached hydrogen (secondary N) is 3. The van der Waals surface area contributed by atoms with Crippen LogP contribution in [0.4, 0.5) is 11.6 Å². The molecule has 8 heteroatoms. The lowest BCUT2D eigenvalue weighted by Crippen LogP contribution is -2.43. The van der Waals surface area contributed by atoms with Crippen molar-refractivity contribution < 1.29 is 9.59 Å². The SMILES string of the molecule is Cc1nc(NCCNC(=O)C2CCC(=O)NC2)cc(N(C)C)n1. The molecule has 126 valence electrons. The van der Waals surface area contributed by atoms with Crippen molar-refractivity contribution in [1.29, 1.82) is 0 Å². The minimum Gasteiger partial charge on any atom is -0.368 e. The van der Waals surface area contributed by atoms with Crippen molar-refractivity contribution in [3.8, 4) is 0 Å². The minimum atomic E-state index is -0.130. The topological polar surface area (TPSA) is 99.2 Å². The van der Waals surface area contributed by atoms with Gasteiger partial charge in [-0.05, 0) is 13.3 Å². The lowest BCUT2D eigenvalue weighted by atomic mass is 9.98. The fourth-order valence-corrected chi connectivity index (χ4v) is 2.35. The molecule has 23 heavy (non-hydrogen) atoms. The predicted octanol–water partition coefficient (Wildman–Crippen LogP) is -0.0947. The Hall–Kier alpha value is -2.38. The van der Waals surface area contributed by atoms with E-state index in [9.17, 15) is 9.59 Å². The third-order valence-electron chi connectivity index (χ3n) is 3.65. The van der Waals surface area contributed by atoms with Gasteiger partial charge in [-0.3, -0.25) is 9.59 Å². The first kappa shape index (κ1) is 17.0. The van der Waals surface area contributed by atoms with Gasteiger partial charge in [0.25, 0.3) is 0 Å². The van der Waals surface area contributed by atoms with E-state index < -0.39 is 0 Å². The van der Waals surface area contributed by atoms with Crippen LogP contribution in [0.25, 0.3) is 0 Å². The van der Waals surface area contributed by atoms with Crippen LogP contribution in [0.3, 0.4) is 0 Å². The molecule has 1 fully saturated rings. The van der Waals surface area contributed by atoms with E-state index in [4.69, 9.17) is 0 Å². The highest BCUT2D eigenvalue weighted by Gasteiger charge is 2.23. The molecule has 0 saturated carbocycles. The Labute approximate surface area is 136 Å². The number of carbonyl (C=O) groups excluding carboxylic acids is 2.